The van der Waals surface area contributed by atoms with E-state index < -0.39 is 5.60 Å². The molecule has 114 valence electrons. The number of ether oxygens (including phenoxy) is 1. The van der Waals surface area contributed by atoms with E-state index in [2.05, 4.69) is 29.5 Å². The van der Waals surface area contributed by atoms with Crippen LogP contribution in [0.1, 0.15) is 46.0 Å². The molecule has 0 aromatic carbocycles. The van der Waals surface area contributed by atoms with Crippen molar-refractivity contribution < 1.29 is 9.53 Å². The van der Waals surface area contributed by atoms with Gasteiger partial charge in [-0.05, 0) is 34.1 Å². The average molecular weight is 299 g/mol. The number of nitrogens with zero attached hydrogens (tertiary/aromatic N) is 1. The molecule has 0 radical (unpaired) electrons. The van der Waals surface area contributed by atoms with Crippen LogP contribution < -0.4 is 10.6 Å². The van der Waals surface area contributed by atoms with E-state index in [4.69, 9.17) is 4.74 Å². The zero-order chi connectivity index (χ0) is 15.2. The Kier molecular flexibility index (Phi) is 5.95. The Labute approximate surface area is 125 Å². The number of nitrogens with one attached hydrogen (secondary N) is 2. The zero-order valence-electron chi connectivity index (χ0n) is 12.9. The molecule has 0 saturated heterocycles. The first-order chi connectivity index (χ1) is 9.27. The number of carbonyl (C=O) groups excluding carboxylic acids is 1. The van der Waals surface area contributed by atoms with Crippen molar-refractivity contribution in [2.45, 2.75) is 52.2 Å². The van der Waals surface area contributed by atoms with Crippen molar-refractivity contribution in [1.82, 2.24) is 15.6 Å². The Bertz CT molecular complexity index is 415. The fourth-order valence-corrected chi connectivity index (χ4v) is 2.51. The number of rotatable bonds is 6. The predicted molar refractivity (Wildman–Crippen MR) is 82.0 cm³/mol. The Balaban J connectivity index is 2.35. The van der Waals surface area contributed by atoms with Gasteiger partial charge in [0.15, 0.2) is 0 Å². The minimum atomic E-state index is -0.462. The fraction of sp³-hybridized carbons (Fsp3) is 0.714. The van der Waals surface area contributed by atoms with Crippen LogP contribution in [0.25, 0.3) is 0 Å². The minimum Gasteiger partial charge on any atom is -0.444 e. The molecule has 1 amide bonds. The van der Waals surface area contributed by atoms with Crippen molar-refractivity contribution in [3.05, 3.63) is 16.6 Å². The second-order valence-electron chi connectivity index (χ2n) is 5.88. The standard InChI is InChI=1S/C14H25N3O2S/c1-6-14(5,11-15-9-10-20-11)17-8-7-16-12(18)19-13(2,3)4/h9-10,17H,6-8H2,1-5H3,(H,16,18). The monoisotopic (exact) mass is 299 g/mol. The van der Waals surface area contributed by atoms with Gasteiger partial charge in [-0.1, -0.05) is 6.92 Å². The Morgan fingerprint density at radius 3 is 2.55 bits per heavy atom. The maximum absolute atomic E-state index is 11.5. The van der Waals surface area contributed by atoms with Crippen LogP contribution in [0, 0.1) is 0 Å². The molecule has 0 aliphatic rings. The van der Waals surface area contributed by atoms with Gasteiger partial charge in [0.1, 0.15) is 10.6 Å². The molecule has 0 spiro atoms. The van der Waals surface area contributed by atoms with Gasteiger partial charge >= 0.3 is 6.09 Å². The first-order valence-corrected chi connectivity index (χ1v) is 7.76. The summed E-state index contributed by atoms with van der Waals surface area (Å²) in [6.07, 6.45) is 2.37. The Morgan fingerprint density at radius 2 is 2.05 bits per heavy atom. The summed E-state index contributed by atoms with van der Waals surface area (Å²) in [6.45, 7) is 11.0. The highest BCUT2D eigenvalue weighted by Crippen LogP contribution is 2.25. The summed E-state index contributed by atoms with van der Waals surface area (Å²) >= 11 is 1.64. The minimum absolute atomic E-state index is 0.149. The SMILES string of the molecule is CCC(C)(NCCNC(=O)OC(C)(C)C)c1nccs1. The first kappa shape index (κ1) is 16.9. The molecule has 1 atom stereocenters. The van der Waals surface area contributed by atoms with Gasteiger partial charge in [-0.2, -0.15) is 0 Å². The van der Waals surface area contributed by atoms with Crippen molar-refractivity contribution in [1.29, 1.82) is 0 Å². The van der Waals surface area contributed by atoms with Gasteiger partial charge < -0.3 is 15.4 Å². The zero-order valence-corrected chi connectivity index (χ0v) is 13.8. The summed E-state index contributed by atoms with van der Waals surface area (Å²) in [6, 6.07) is 0. The van der Waals surface area contributed by atoms with Crippen molar-refractivity contribution >= 4 is 17.4 Å². The van der Waals surface area contributed by atoms with E-state index in [1.54, 1.807) is 11.3 Å². The molecule has 0 aliphatic carbocycles. The van der Waals surface area contributed by atoms with E-state index in [0.717, 1.165) is 11.4 Å². The molecule has 1 aromatic rings. The molecule has 1 unspecified atom stereocenters. The molecule has 1 aromatic heterocycles. The van der Waals surface area contributed by atoms with Gasteiger partial charge in [0.25, 0.3) is 0 Å². The molecule has 6 heteroatoms. The largest absolute Gasteiger partial charge is 0.444 e. The van der Waals surface area contributed by atoms with Gasteiger partial charge in [-0.15, -0.1) is 11.3 Å². The number of alkyl carbamates (subject to hydrolysis) is 1. The molecule has 1 heterocycles. The quantitative estimate of drug-likeness (QED) is 0.793. The number of hydrogen-bond acceptors (Lipinski definition) is 5. The summed E-state index contributed by atoms with van der Waals surface area (Å²) in [5.74, 6) is 0. The molecular formula is C14H25N3O2S. The van der Waals surface area contributed by atoms with Crippen LogP contribution in [-0.4, -0.2) is 29.8 Å². The van der Waals surface area contributed by atoms with Crippen LogP contribution in [0.4, 0.5) is 4.79 Å². The van der Waals surface area contributed by atoms with Gasteiger partial charge in [-0.3, -0.25) is 0 Å². The second kappa shape index (κ2) is 7.04. The smallest absolute Gasteiger partial charge is 0.407 e. The van der Waals surface area contributed by atoms with E-state index in [1.165, 1.54) is 0 Å². The maximum Gasteiger partial charge on any atom is 0.407 e. The lowest BCUT2D eigenvalue weighted by Crippen LogP contribution is -2.44. The summed E-state index contributed by atoms with van der Waals surface area (Å²) in [5, 5.41) is 9.23. The van der Waals surface area contributed by atoms with Crippen LogP contribution in [-0.2, 0) is 10.3 Å². The number of thiazole rings is 1. The van der Waals surface area contributed by atoms with Crippen LogP contribution in [0.15, 0.2) is 11.6 Å². The van der Waals surface area contributed by atoms with Gasteiger partial charge in [-0.25, -0.2) is 9.78 Å². The van der Waals surface area contributed by atoms with Crippen molar-refractivity contribution in [2.75, 3.05) is 13.1 Å². The molecule has 2 N–H and O–H groups in total. The van der Waals surface area contributed by atoms with Crippen molar-refractivity contribution in [2.24, 2.45) is 0 Å². The molecule has 0 fully saturated rings. The molecule has 20 heavy (non-hydrogen) atoms. The molecule has 1 rings (SSSR count). The van der Waals surface area contributed by atoms with E-state index in [1.807, 2.05) is 32.3 Å². The summed E-state index contributed by atoms with van der Waals surface area (Å²) in [5.41, 5.74) is -0.611. The topological polar surface area (TPSA) is 63.2 Å². The number of carbonyl (C=O) groups is 1. The molecule has 0 saturated carbocycles. The predicted octanol–water partition coefficient (Wildman–Crippen LogP) is 2.88. The lowest BCUT2D eigenvalue weighted by atomic mass is 10.00. The molecule has 0 aliphatic heterocycles. The molecule has 5 nitrogen and oxygen atoms in total. The third-order valence-electron chi connectivity index (χ3n) is 2.92. The first-order valence-electron chi connectivity index (χ1n) is 6.89. The third-order valence-corrected chi connectivity index (χ3v) is 3.96. The van der Waals surface area contributed by atoms with E-state index in [0.29, 0.717) is 13.1 Å². The lowest BCUT2D eigenvalue weighted by Gasteiger charge is -2.27. The van der Waals surface area contributed by atoms with Crippen LogP contribution in [0.2, 0.25) is 0 Å². The highest BCUT2D eigenvalue weighted by Gasteiger charge is 2.26. The second-order valence-corrected chi connectivity index (χ2v) is 6.77. The average Bonchev–Trinajstić information content (AvgIpc) is 2.86. The van der Waals surface area contributed by atoms with Crippen LogP contribution in [0.5, 0.6) is 0 Å². The maximum atomic E-state index is 11.5. The number of amides is 1. The summed E-state index contributed by atoms with van der Waals surface area (Å²) < 4.78 is 5.18. The fourth-order valence-electron chi connectivity index (χ4n) is 1.66. The van der Waals surface area contributed by atoms with Crippen LogP contribution in [0.3, 0.4) is 0 Å². The van der Waals surface area contributed by atoms with Gasteiger partial charge in [0, 0.05) is 24.7 Å². The van der Waals surface area contributed by atoms with Crippen LogP contribution >= 0.6 is 11.3 Å². The van der Waals surface area contributed by atoms with Gasteiger partial charge in [0.05, 0.1) is 5.54 Å². The third kappa shape index (κ3) is 5.46. The van der Waals surface area contributed by atoms with E-state index >= 15 is 0 Å². The Hall–Kier alpha value is -1.14. The molecular weight excluding hydrogens is 274 g/mol. The van der Waals surface area contributed by atoms with Gasteiger partial charge in [0.2, 0.25) is 0 Å². The van der Waals surface area contributed by atoms with Crippen molar-refractivity contribution in [3.63, 3.8) is 0 Å². The van der Waals surface area contributed by atoms with E-state index in [9.17, 15) is 4.79 Å². The highest BCUT2D eigenvalue weighted by molar-refractivity contribution is 7.09. The lowest BCUT2D eigenvalue weighted by molar-refractivity contribution is 0.0527. The molecule has 0 bridgehead atoms. The van der Waals surface area contributed by atoms with E-state index in [-0.39, 0.29) is 11.6 Å². The van der Waals surface area contributed by atoms with Crippen molar-refractivity contribution in [3.8, 4) is 0 Å². The number of hydrogen-bond donors (Lipinski definition) is 2. The Morgan fingerprint density at radius 1 is 1.35 bits per heavy atom. The summed E-state index contributed by atoms with van der Waals surface area (Å²) in [7, 11) is 0. The highest BCUT2D eigenvalue weighted by atomic mass is 32.1. The normalized spacial score (nSPS) is 14.7. The summed E-state index contributed by atoms with van der Waals surface area (Å²) in [4.78, 5) is 15.9. The number of aromatic nitrogens is 1.